The minimum atomic E-state index is -4.72. The number of carboxylic acids is 1. The van der Waals surface area contributed by atoms with Crippen LogP contribution in [0.25, 0.3) is 0 Å². The average molecular weight is 814 g/mol. The molecule has 0 amide bonds. The third-order valence-corrected chi connectivity index (χ3v) is 10.3. The van der Waals surface area contributed by atoms with Crippen LogP contribution in [0.1, 0.15) is 194 Å². The van der Waals surface area contributed by atoms with Gasteiger partial charge in [-0.3, -0.25) is 23.4 Å². The van der Waals surface area contributed by atoms with Crippen LogP contribution in [0.2, 0.25) is 0 Å². The predicted octanol–water partition coefficient (Wildman–Crippen LogP) is 11.6. The number of phosphoric ester groups is 1. The average Bonchev–Trinajstić information content (AvgIpc) is 3.17. The zero-order valence-corrected chi connectivity index (χ0v) is 36.1. The lowest BCUT2D eigenvalue weighted by atomic mass is 10.1. The van der Waals surface area contributed by atoms with E-state index < -0.39 is 51.1 Å². The van der Waals surface area contributed by atoms with Crippen LogP contribution in [0.15, 0.2) is 36.5 Å². The molecule has 0 saturated heterocycles. The number of aliphatic carboxylic acids is 1. The van der Waals surface area contributed by atoms with Gasteiger partial charge < -0.3 is 25.2 Å². The SMILES string of the molecule is CCCCC/C=C/C/C=C/CCCCCCCCCC(=O)O[C@H](COC(=O)CCCCCCC/C=C/CCCCCCCC)COP(=O)(O)OC[C@H](N)C(=O)O. The van der Waals surface area contributed by atoms with Crippen molar-refractivity contribution in [3.05, 3.63) is 36.5 Å². The fourth-order valence-electron chi connectivity index (χ4n) is 5.85. The number of carbonyl (C=O) groups is 3. The van der Waals surface area contributed by atoms with Gasteiger partial charge in [-0.25, -0.2) is 4.57 Å². The van der Waals surface area contributed by atoms with Crippen molar-refractivity contribution in [2.24, 2.45) is 5.73 Å². The number of nitrogens with two attached hydrogens (primary N) is 1. The number of allylic oxidation sites excluding steroid dienone is 6. The molecule has 0 heterocycles. The zero-order valence-electron chi connectivity index (χ0n) is 35.2. The van der Waals surface area contributed by atoms with Gasteiger partial charge in [-0.1, -0.05) is 147 Å². The summed E-state index contributed by atoms with van der Waals surface area (Å²) in [7, 11) is -4.72. The molecular weight excluding hydrogens is 733 g/mol. The van der Waals surface area contributed by atoms with E-state index in [9.17, 15) is 23.8 Å². The number of carbonyl (C=O) groups excluding carboxylic acids is 2. The molecule has 1 unspecified atom stereocenters. The molecule has 56 heavy (non-hydrogen) atoms. The Labute approximate surface area is 340 Å². The summed E-state index contributed by atoms with van der Waals surface area (Å²) in [6, 6.07) is -1.52. The number of hydrogen-bond acceptors (Lipinski definition) is 9. The van der Waals surface area contributed by atoms with Crippen molar-refractivity contribution in [1.29, 1.82) is 0 Å². The van der Waals surface area contributed by atoms with E-state index >= 15 is 0 Å². The minimum absolute atomic E-state index is 0.151. The van der Waals surface area contributed by atoms with Crippen LogP contribution < -0.4 is 5.73 Å². The molecule has 0 saturated carbocycles. The van der Waals surface area contributed by atoms with Gasteiger partial charge in [0.25, 0.3) is 0 Å². The quantitative estimate of drug-likeness (QED) is 0.0232. The Balaban J connectivity index is 4.38. The summed E-state index contributed by atoms with van der Waals surface area (Å²) in [5, 5.41) is 8.89. The molecule has 0 aromatic heterocycles. The van der Waals surface area contributed by atoms with Crippen molar-refractivity contribution >= 4 is 25.7 Å². The van der Waals surface area contributed by atoms with Crippen LogP contribution >= 0.6 is 7.82 Å². The Kier molecular flexibility index (Phi) is 37.9. The summed E-state index contributed by atoms with van der Waals surface area (Å²) in [4.78, 5) is 46.0. The van der Waals surface area contributed by atoms with Gasteiger partial charge in [0.1, 0.15) is 12.6 Å². The fourth-order valence-corrected chi connectivity index (χ4v) is 6.63. The standard InChI is InChI=1S/C44H80NO10P/c1-3-5-7-9-11-13-15-17-19-20-22-24-26-28-30-32-34-36-43(47)55-40(38-53-56(50,51)54-39-41(45)44(48)49)37-52-42(46)35-33-31-29-27-25-23-21-18-16-14-12-10-8-6-4-2/h11,13,17-19,21,40-41H,3-10,12,14-16,20,22-39,45H2,1-2H3,(H,48,49)(H,50,51)/b13-11+,19-17+,21-18+/t40-,41+/m1/s1. The smallest absolute Gasteiger partial charge is 0.472 e. The Morgan fingerprint density at radius 3 is 1.45 bits per heavy atom. The third-order valence-electron chi connectivity index (χ3n) is 9.36. The van der Waals surface area contributed by atoms with Crippen LogP contribution in [0.4, 0.5) is 0 Å². The largest absolute Gasteiger partial charge is 0.480 e. The molecule has 0 bridgehead atoms. The van der Waals surface area contributed by atoms with Crippen molar-refractivity contribution in [3.8, 4) is 0 Å². The van der Waals surface area contributed by atoms with Crippen LogP contribution in [-0.2, 0) is 37.5 Å². The monoisotopic (exact) mass is 814 g/mol. The van der Waals surface area contributed by atoms with E-state index in [1.807, 2.05) is 0 Å². The minimum Gasteiger partial charge on any atom is -0.480 e. The van der Waals surface area contributed by atoms with Gasteiger partial charge in [0.05, 0.1) is 13.2 Å². The maximum atomic E-state index is 12.6. The van der Waals surface area contributed by atoms with Crippen LogP contribution in [0.3, 0.4) is 0 Å². The van der Waals surface area contributed by atoms with E-state index in [0.717, 1.165) is 77.0 Å². The summed E-state index contributed by atoms with van der Waals surface area (Å²) in [6.45, 7) is 2.76. The number of rotatable bonds is 41. The van der Waals surface area contributed by atoms with Crippen LogP contribution in [-0.4, -0.2) is 59.9 Å². The van der Waals surface area contributed by atoms with Gasteiger partial charge in [0, 0.05) is 12.8 Å². The third kappa shape index (κ3) is 38.6. The summed E-state index contributed by atoms with van der Waals surface area (Å²) < 4.78 is 32.7. The van der Waals surface area contributed by atoms with Gasteiger partial charge in [0.15, 0.2) is 6.10 Å². The molecule has 0 rings (SSSR count). The molecule has 3 atom stereocenters. The highest BCUT2D eigenvalue weighted by atomic mass is 31.2. The number of ether oxygens (including phenoxy) is 2. The second-order valence-electron chi connectivity index (χ2n) is 14.8. The number of phosphoric acid groups is 1. The second kappa shape index (κ2) is 39.5. The Morgan fingerprint density at radius 2 is 0.946 bits per heavy atom. The topological polar surface area (TPSA) is 172 Å². The molecule has 0 spiro atoms. The van der Waals surface area contributed by atoms with E-state index in [1.165, 1.54) is 77.0 Å². The lowest BCUT2D eigenvalue weighted by Gasteiger charge is -2.20. The first-order chi connectivity index (χ1) is 27.1. The Morgan fingerprint density at radius 1 is 0.554 bits per heavy atom. The van der Waals surface area contributed by atoms with E-state index in [1.54, 1.807) is 0 Å². The molecule has 4 N–H and O–H groups in total. The molecule has 0 aromatic rings. The highest BCUT2D eigenvalue weighted by Crippen LogP contribution is 2.43. The van der Waals surface area contributed by atoms with Crippen molar-refractivity contribution in [1.82, 2.24) is 0 Å². The highest BCUT2D eigenvalue weighted by Gasteiger charge is 2.28. The lowest BCUT2D eigenvalue weighted by molar-refractivity contribution is -0.161. The van der Waals surface area contributed by atoms with Gasteiger partial charge >= 0.3 is 25.7 Å². The molecular formula is C44H80NO10P. The molecule has 0 aliphatic heterocycles. The van der Waals surface area contributed by atoms with E-state index in [-0.39, 0.29) is 19.4 Å². The van der Waals surface area contributed by atoms with Gasteiger partial charge in [-0.15, -0.1) is 0 Å². The molecule has 0 aromatic carbocycles. The van der Waals surface area contributed by atoms with Gasteiger partial charge in [-0.2, -0.15) is 0 Å². The Hall–Kier alpha value is -2.30. The van der Waals surface area contributed by atoms with Crippen LogP contribution in [0.5, 0.6) is 0 Å². The lowest BCUT2D eigenvalue weighted by Crippen LogP contribution is -2.34. The first kappa shape index (κ1) is 53.7. The normalized spacial score (nSPS) is 14.1. The fraction of sp³-hybridized carbons (Fsp3) is 0.795. The highest BCUT2D eigenvalue weighted by molar-refractivity contribution is 7.47. The molecule has 326 valence electrons. The predicted molar refractivity (Wildman–Crippen MR) is 226 cm³/mol. The maximum absolute atomic E-state index is 12.6. The summed E-state index contributed by atoms with van der Waals surface area (Å²) >= 11 is 0. The molecule has 0 aliphatic carbocycles. The second-order valence-corrected chi connectivity index (χ2v) is 16.3. The molecule has 0 fully saturated rings. The molecule has 11 nitrogen and oxygen atoms in total. The number of unbranched alkanes of at least 4 members (excludes halogenated alkanes) is 21. The first-order valence-electron chi connectivity index (χ1n) is 22.0. The van der Waals surface area contributed by atoms with Gasteiger partial charge in [-0.05, 0) is 70.6 Å². The molecule has 0 radical (unpaired) electrons. The summed E-state index contributed by atoms with van der Waals surface area (Å²) in [5.74, 6) is -2.40. The van der Waals surface area contributed by atoms with Gasteiger partial charge in [0.2, 0.25) is 0 Å². The summed E-state index contributed by atoms with van der Waals surface area (Å²) in [6.07, 6.45) is 42.0. The number of esters is 2. The first-order valence-corrected chi connectivity index (χ1v) is 23.5. The Bertz CT molecular complexity index is 1100. The zero-order chi connectivity index (χ0) is 41.4. The number of hydrogen-bond donors (Lipinski definition) is 3. The van der Waals surface area contributed by atoms with Crippen molar-refractivity contribution in [2.75, 3.05) is 19.8 Å². The molecule has 0 aliphatic rings. The number of carboxylic acid groups (broad SMARTS) is 1. The van der Waals surface area contributed by atoms with E-state index in [0.29, 0.717) is 12.8 Å². The maximum Gasteiger partial charge on any atom is 0.472 e. The van der Waals surface area contributed by atoms with Crippen molar-refractivity contribution in [2.45, 2.75) is 206 Å². The van der Waals surface area contributed by atoms with E-state index in [4.69, 9.17) is 24.8 Å². The van der Waals surface area contributed by atoms with Crippen LogP contribution in [0, 0.1) is 0 Å². The summed E-state index contributed by atoms with van der Waals surface area (Å²) in [5.41, 5.74) is 5.33. The van der Waals surface area contributed by atoms with Crippen molar-refractivity contribution < 1.29 is 47.5 Å². The van der Waals surface area contributed by atoms with E-state index in [2.05, 4.69) is 54.8 Å². The molecule has 12 heteroatoms. The van der Waals surface area contributed by atoms with Crippen molar-refractivity contribution in [3.63, 3.8) is 0 Å².